The highest BCUT2D eigenvalue weighted by Gasteiger charge is 2.58. The zero-order valence-corrected chi connectivity index (χ0v) is 39.1. The van der Waals surface area contributed by atoms with Crippen molar-refractivity contribution in [2.45, 2.75) is 23.1 Å². The molecule has 2 atom stereocenters. The van der Waals surface area contributed by atoms with Crippen molar-refractivity contribution in [1.82, 2.24) is 19.7 Å². The second kappa shape index (κ2) is 20.6. The van der Waals surface area contributed by atoms with E-state index in [1.807, 2.05) is 146 Å². The Bertz CT molecular complexity index is 2930. The molecule has 0 N–H and O–H groups in total. The topological polar surface area (TPSA) is 147 Å². The van der Waals surface area contributed by atoms with Crippen LogP contribution in [0, 0.1) is 16.0 Å². The van der Waals surface area contributed by atoms with Gasteiger partial charge in [0.1, 0.15) is 37.3 Å². The third kappa shape index (κ3) is 9.26. The van der Waals surface area contributed by atoms with Crippen molar-refractivity contribution in [3.05, 3.63) is 251 Å². The van der Waals surface area contributed by atoms with Crippen LogP contribution in [0.25, 0.3) is 0 Å². The standard InChI is InChI=1S/C55H46N5O7PS/c1-58-39-56-49(57-58)36-50(61)66-38-48-51(62)59(53(48)69-55(41-20-8-2-9-21-41,42-22-10-3-11-23-42)43-24-12-4-13-25-43)52(54(63)67-37-40-32-34-44(35-33-40)60(64)65)68(45-26-14-5-15-27-45,46-28-16-6-17-29-46)47-30-18-7-19-31-47/h2-35,39,48,53H,36-38H2,1H3. The molecule has 9 rings (SSSR count). The summed E-state index contributed by atoms with van der Waals surface area (Å²) in [5, 5.41) is 17.3. The molecule has 0 aliphatic carbocycles. The molecule has 2 heterocycles. The largest absolute Gasteiger partial charge is 0.464 e. The second-order valence-corrected chi connectivity index (χ2v) is 20.9. The molecule has 344 valence electrons. The number of thioether (sulfide) groups is 1. The van der Waals surface area contributed by atoms with E-state index in [1.54, 1.807) is 24.1 Å². The SMILES string of the molecule is Cn1cnc(CC(=O)OCC2C(=O)N(C(C(=O)OCc3ccc([N+](=O)[O-])cc3)=P(c3ccccc3)(c3ccccc3)c3ccccc3)C2SC(c2ccccc2)(c2ccccc2)c2ccccc2)n1. The minimum Gasteiger partial charge on any atom is -0.464 e. The van der Waals surface area contributed by atoms with Gasteiger partial charge in [-0.3, -0.25) is 29.3 Å². The van der Waals surface area contributed by atoms with Gasteiger partial charge in [-0.25, -0.2) is 9.78 Å². The monoisotopic (exact) mass is 951 g/mol. The van der Waals surface area contributed by atoms with Gasteiger partial charge < -0.3 is 9.47 Å². The van der Waals surface area contributed by atoms with Crippen LogP contribution in [-0.4, -0.2) is 59.8 Å². The lowest BCUT2D eigenvalue weighted by atomic mass is 9.84. The first-order valence-corrected chi connectivity index (χ1v) is 24.9. The van der Waals surface area contributed by atoms with Gasteiger partial charge in [-0.05, 0) is 50.3 Å². The first-order chi connectivity index (χ1) is 33.7. The predicted molar refractivity (Wildman–Crippen MR) is 270 cm³/mol. The lowest BCUT2D eigenvalue weighted by Crippen LogP contribution is -2.66. The highest BCUT2D eigenvalue weighted by Crippen LogP contribution is 2.57. The number of carbonyl (C=O) groups excluding carboxylic acids is 3. The van der Waals surface area contributed by atoms with Crippen LogP contribution in [0.3, 0.4) is 0 Å². The Morgan fingerprint density at radius 2 is 1.12 bits per heavy atom. The van der Waals surface area contributed by atoms with Gasteiger partial charge in [0.15, 0.2) is 5.82 Å². The number of β-lactam (4-membered cyclic amide) rings is 1. The number of rotatable bonds is 17. The van der Waals surface area contributed by atoms with Crippen molar-refractivity contribution in [1.29, 1.82) is 0 Å². The molecule has 1 aromatic heterocycles. The predicted octanol–water partition coefficient (Wildman–Crippen LogP) is 8.19. The first-order valence-electron chi connectivity index (χ1n) is 22.2. The van der Waals surface area contributed by atoms with Crippen molar-refractivity contribution in [3.63, 3.8) is 0 Å². The van der Waals surface area contributed by atoms with E-state index in [-0.39, 0.29) is 36.6 Å². The summed E-state index contributed by atoms with van der Waals surface area (Å²) in [7, 11) is 1.71. The molecule has 1 aliphatic heterocycles. The number of esters is 2. The molecule has 69 heavy (non-hydrogen) atoms. The number of carbonyl (C=O) groups is 3. The van der Waals surface area contributed by atoms with Crippen molar-refractivity contribution in [2.75, 3.05) is 6.61 Å². The summed E-state index contributed by atoms with van der Waals surface area (Å²) in [5.41, 5.74) is 3.29. The fraction of sp³-hybridized carbons (Fsp3) is 0.127. The number of nitro benzene ring substituents is 1. The molecule has 0 spiro atoms. The molecule has 1 saturated heterocycles. The number of nitro groups is 1. The summed E-state index contributed by atoms with van der Waals surface area (Å²) in [6.45, 7) is -3.98. The van der Waals surface area contributed by atoms with E-state index in [2.05, 4.69) is 46.5 Å². The number of aryl methyl sites for hydroxylation is 1. The summed E-state index contributed by atoms with van der Waals surface area (Å²) in [6, 6.07) is 65.1. The van der Waals surface area contributed by atoms with Crippen LogP contribution in [0.4, 0.5) is 5.69 Å². The van der Waals surface area contributed by atoms with E-state index in [0.717, 1.165) is 32.6 Å². The van der Waals surface area contributed by atoms with Gasteiger partial charge >= 0.3 is 11.9 Å². The highest BCUT2D eigenvalue weighted by molar-refractivity contribution is 8.01. The zero-order chi connectivity index (χ0) is 47.8. The summed E-state index contributed by atoms with van der Waals surface area (Å²) in [5.74, 6) is -2.47. The van der Waals surface area contributed by atoms with E-state index in [0.29, 0.717) is 5.56 Å². The number of hydrogen-bond donors (Lipinski definition) is 0. The Kier molecular flexibility index (Phi) is 13.8. The molecule has 0 bridgehead atoms. The molecule has 8 aromatic rings. The lowest BCUT2D eigenvalue weighted by molar-refractivity contribution is -0.384. The summed E-state index contributed by atoms with van der Waals surface area (Å²) >= 11 is 1.49. The Hall–Kier alpha value is -7.86. The van der Waals surface area contributed by atoms with Gasteiger partial charge in [0.25, 0.3) is 5.69 Å². The maximum atomic E-state index is 15.9. The summed E-state index contributed by atoms with van der Waals surface area (Å²) < 4.78 is 12.9. The third-order valence-electron chi connectivity index (χ3n) is 12.0. The Morgan fingerprint density at radius 3 is 1.54 bits per heavy atom. The molecule has 1 amide bonds. The number of likely N-dealkylation sites (tertiary alicyclic amines) is 1. The first kappa shape index (κ1) is 46.3. The summed E-state index contributed by atoms with van der Waals surface area (Å²) in [6.07, 6.45) is 1.29. The van der Waals surface area contributed by atoms with E-state index in [1.165, 1.54) is 34.9 Å². The Balaban J connectivity index is 1.30. The van der Waals surface area contributed by atoms with E-state index >= 15 is 9.59 Å². The second-order valence-electron chi connectivity index (χ2n) is 16.3. The lowest BCUT2D eigenvalue weighted by Gasteiger charge is -2.52. The molecule has 1 aliphatic rings. The van der Waals surface area contributed by atoms with Crippen LogP contribution in [0.15, 0.2) is 213 Å². The van der Waals surface area contributed by atoms with Crippen LogP contribution < -0.4 is 15.9 Å². The van der Waals surface area contributed by atoms with Gasteiger partial charge in [0, 0.05) is 26.1 Å². The number of nitrogens with zero attached hydrogens (tertiary/aromatic N) is 5. The van der Waals surface area contributed by atoms with Crippen molar-refractivity contribution < 1.29 is 28.8 Å². The maximum Gasteiger partial charge on any atom is 0.356 e. The molecule has 2 unspecified atom stereocenters. The molecular weight excluding hydrogens is 906 g/mol. The van der Waals surface area contributed by atoms with E-state index in [4.69, 9.17) is 9.47 Å². The Labute approximate surface area is 403 Å². The van der Waals surface area contributed by atoms with Crippen LogP contribution >= 0.6 is 18.6 Å². The minimum absolute atomic E-state index is 0.104. The zero-order valence-electron chi connectivity index (χ0n) is 37.4. The van der Waals surface area contributed by atoms with Crippen LogP contribution in [0.1, 0.15) is 28.1 Å². The van der Waals surface area contributed by atoms with Gasteiger partial charge in [-0.1, -0.05) is 182 Å². The van der Waals surface area contributed by atoms with E-state index < -0.39 is 45.7 Å². The Morgan fingerprint density at radius 1 is 0.667 bits per heavy atom. The van der Waals surface area contributed by atoms with Gasteiger partial charge in [0.2, 0.25) is 5.91 Å². The van der Waals surface area contributed by atoms with Crippen molar-refractivity contribution in [2.24, 2.45) is 13.0 Å². The molecule has 7 aromatic carbocycles. The summed E-state index contributed by atoms with van der Waals surface area (Å²) in [4.78, 5) is 62.1. The fourth-order valence-corrected chi connectivity index (χ4v) is 15.2. The number of hydrogen-bond acceptors (Lipinski definition) is 10. The number of aromatic nitrogens is 3. The average molecular weight is 952 g/mol. The number of non-ortho nitro benzene ring substituents is 1. The molecule has 12 nitrogen and oxygen atoms in total. The van der Waals surface area contributed by atoms with Gasteiger partial charge in [-0.15, -0.1) is 11.8 Å². The molecule has 14 heteroatoms. The highest BCUT2D eigenvalue weighted by atomic mass is 32.2. The van der Waals surface area contributed by atoms with Crippen molar-refractivity contribution in [3.8, 4) is 0 Å². The van der Waals surface area contributed by atoms with Crippen LogP contribution in [0.5, 0.6) is 0 Å². The normalized spacial score (nSPS) is 14.6. The van der Waals surface area contributed by atoms with Gasteiger partial charge in [0.05, 0.1) is 15.0 Å². The number of benzene rings is 7. The van der Waals surface area contributed by atoms with Gasteiger partial charge in [-0.2, -0.15) is 5.10 Å². The maximum absolute atomic E-state index is 15.9. The molecule has 0 radical (unpaired) electrons. The average Bonchev–Trinajstić information content (AvgIpc) is 3.81. The smallest absolute Gasteiger partial charge is 0.356 e. The van der Waals surface area contributed by atoms with E-state index in [9.17, 15) is 14.9 Å². The number of amides is 1. The molecular formula is C55H46N5O7PS. The third-order valence-corrected chi connectivity index (χ3v) is 18.1. The van der Waals surface area contributed by atoms with Crippen LogP contribution in [0.2, 0.25) is 0 Å². The quantitative estimate of drug-likeness (QED) is 0.0219. The molecule has 0 saturated carbocycles. The number of ether oxygens (including phenoxy) is 2. The fourth-order valence-electron chi connectivity index (χ4n) is 8.86. The molecule has 1 fully saturated rings. The van der Waals surface area contributed by atoms with Crippen LogP contribution in [-0.2, 0) is 48.7 Å². The van der Waals surface area contributed by atoms with Crippen molar-refractivity contribution >= 4 is 63.5 Å². The minimum atomic E-state index is -3.43.